The quantitative estimate of drug-likeness (QED) is 0.283. The summed E-state index contributed by atoms with van der Waals surface area (Å²) in [5, 5.41) is 0. The van der Waals surface area contributed by atoms with E-state index in [9.17, 15) is 0 Å². The molecule has 0 bridgehead atoms. The predicted octanol–water partition coefficient (Wildman–Crippen LogP) is 6.34. The zero-order chi connectivity index (χ0) is 27.0. The maximum absolute atomic E-state index is 2.82. The first-order valence-corrected chi connectivity index (χ1v) is 40.8. The van der Waals surface area contributed by atoms with Crippen LogP contribution in [0.1, 0.15) is 0 Å². The summed E-state index contributed by atoms with van der Waals surface area (Å²) in [7, 11) is -4.52. The van der Waals surface area contributed by atoms with Crippen LogP contribution in [0.4, 0.5) is 0 Å². The van der Waals surface area contributed by atoms with E-state index in [0.29, 0.717) is 0 Å². The van der Waals surface area contributed by atoms with Crippen LogP contribution in [0.15, 0.2) is 91.0 Å². The second-order valence-electron chi connectivity index (χ2n) is 13.2. The minimum absolute atomic E-state index is 0.00725. The normalized spacial score (nSPS) is 21.3. The Kier molecular flexibility index (Phi) is 9.34. The fraction of sp³-hybridized carbons (Fsp3) is 0.379. The molecule has 4 rings (SSSR count). The van der Waals surface area contributed by atoms with Crippen LogP contribution in [-0.2, 0) is 0 Å². The predicted molar refractivity (Wildman–Crippen MR) is 183 cm³/mol. The molecule has 0 aliphatic carbocycles. The van der Waals surface area contributed by atoms with Crippen molar-refractivity contribution in [2.24, 2.45) is 0 Å². The molecule has 1 aliphatic heterocycles. The molecular formula is C29H48Si6Sn. The molecule has 2 radical (unpaired) electrons. The molecule has 192 valence electrons. The Morgan fingerprint density at radius 1 is 0.417 bits per heavy atom. The molecule has 7 heteroatoms. The molecule has 0 nitrogen and oxygen atoms in total. The summed E-state index contributed by atoms with van der Waals surface area (Å²) in [5.41, 5.74) is 0. The van der Waals surface area contributed by atoms with Crippen molar-refractivity contribution < 1.29 is 0 Å². The van der Waals surface area contributed by atoms with Crippen LogP contribution in [0.5, 0.6) is 0 Å². The van der Waals surface area contributed by atoms with E-state index in [1.807, 2.05) is 0 Å². The Hall–Kier alpha value is -0.240. The van der Waals surface area contributed by atoms with Gasteiger partial charge in [-0.15, -0.1) is 0 Å². The van der Waals surface area contributed by atoms with E-state index >= 15 is 0 Å². The van der Waals surface area contributed by atoms with Crippen molar-refractivity contribution in [2.45, 2.75) is 72.0 Å². The Bertz CT molecular complexity index is 1000. The number of benzene rings is 3. The topological polar surface area (TPSA) is 0 Å². The van der Waals surface area contributed by atoms with Gasteiger partial charge in [-0.1, -0.05) is 72.0 Å². The number of hydrogen-bond acceptors (Lipinski definition) is 0. The molecular weight excluding hydrogens is 636 g/mol. The fourth-order valence-corrected chi connectivity index (χ4v) is 234. The third-order valence-corrected chi connectivity index (χ3v) is 161. The molecule has 0 spiro atoms. The maximum atomic E-state index is 2.82. The van der Waals surface area contributed by atoms with Gasteiger partial charge in [-0.3, -0.25) is 0 Å². The van der Waals surface area contributed by atoms with Crippen molar-refractivity contribution in [2.75, 3.05) is 0 Å². The van der Waals surface area contributed by atoms with Crippen molar-refractivity contribution >= 4 is 73.9 Å². The van der Waals surface area contributed by atoms with Crippen molar-refractivity contribution in [3.05, 3.63) is 91.0 Å². The molecule has 0 unspecified atom stereocenters. The first kappa shape index (κ1) is 30.3. The van der Waals surface area contributed by atoms with E-state index < -0.39 is 55.3 Å². The monoisotopic (exact) mass is 684 g/mol. The van der Waals surface area contributed by atoms with Gasteiger partial charge < -0.3 is 0 Å². The minimum atomic E-state index is -1.98. The Labute approximate surface area is 235 Å². The zero-order valence-corrected chi connectivity index (χ0v) is 33.5. The van der Waals surface area contributed by atoms with Gasteiger partial charge in [0.2, 0.25) is 0 Å². The van der Waals surface area contributed by atoms with Gasteiger partial charge in [0.1, 0.15) is 0 Å². The second kappa shape index (κ2) is 11.1. The second-order valence-corrected chi connectivity index (χ2v) is 88.8. The van der Waals surface area contributed by atoms with Gasteiger partial charge in [0.05, 0.1) is 0 Å². The van der Waals surface area contributed by atoms with Crippen molar-refractivity contribution in [3.8, 4) is 0 Å². The van der Waals surface area contributed by atoms with E-state index in [2.05, 4.69) is 163 Å². The molecule has 0 aromatic heterocycles. The van der Waals surface area contributed by atoms with E-state index in [-0.39, 0.29) is 7.83 Å². The number of rotatable bonds is 3. The molecule has 0 saturated carbocycles. The Morgan fingerprint density at radius 2 is 0.667 bits per heavy atom. The van der Waals surface area contributed by atoms with Crippen LogP contribution in [0, 0.1) is 0 Å². The molecule has 0 atom stereocenters. The van der Waals surface area contributed by atoms with Gasteiger partial charge in [0, 0.05) is 43.4 Å². The zero-order valence-electron chi connectivity index (χ0n) is 24.7. The third-order valence-electron chi connectivity index (χ3n) is 11.3. The summed E-state index contributed by atoms with van der Waals surface area (Å²) < 4.78 is 4.59. The third kappa shape index (κ3) is 5.16. The van der Waals surface area contributed by atoms with Gasteiger partial charge in [-0.05, 0) is 0 Å². The first-order valence-electron chi connectivity index (χ1n) is 13.5. The van der Waals surface area contributed by atoms with E-state index in [0.717, 1.165) is 0 Å². The first-order chi connectivity index (χ1) is 16.6. The number of hydrogen-bond donors (Lipinski definition) is 0. The summed E-state index contributed by atoms with van der Waals surface area (Å²) in [5.74, 6) is 0. The van der Waals surface area contributed by atoms with Crippen LogP contribution in [0.2, 0.25) is 72.0 Å². The molecule has 1 saturated heterocycles. The average molecular weight is 684 g/mol. The van der Waals surface area contributed by atoms with Crippen LogP contribution in [0.25, 0.3) is 0 Å². The van der Waals surface area contributed by atoms with Crippen LogP contribution >= 0.6 is 0 Å². The summed E-state index contributed by atoms with van der Waals surface area (Å²) in [6, 6.07) is 32.9. The molecule has 3 aromatic carbocycles. The van der Waals surface area contributed by atoms with Gasteiger partial charge in [-0.2, -0.15) is 0 Å². The standard InChI is InChI=1S/C11H33Si6.3C6H5.Sn/c1-12-13(2,3)15(6,7)17(10,11)16(8,9)14(12,4)5;3*1-2-4-6-5-3-1;/h1-11H3;3*1-5H;. The van der Waals surface area contributed by atoms with Crippen LogP contribution < -0.4 is 10.7 Å². The molecule has 1 aliphatic rings. The van der Waals surface area contributed by atoms with Crippen molar-refractivity contribution in [3.63, 3.8) is 0 Å². The van der Waals surface area contributed by atoms with Gasteiger partial charge in [0.25, 0.3) is 0 Å². The summed E-state index contributed by atoms with van der Waals surface area (Å²) in [6.45, 7) is 30.9. The molecule has 36 heavy (non-hydrogen) atoms. The van der Waals surface area contributed by atoms with Crippen molar-refractivity contribution in [1.82, 2.24) is 0 Å². The van der Waals surface area contributed by atoms with Crippen LogP contribution in [-0.4, -0.2) is 63.1 Å². The van der Waals surface area contributed by atoms with Gasteiger partial charge >= 0.3 is 121 Å². The van der Waals surface area contributed by atoms with Crippen LogP contribution in [0.3, 0.4) is 0 Å². The molecule has 1 fully saturated rings. The molecule has 0 N–H and O–H groups in total. The molecule has 0 amide bonds. The molecule has 1 heterocycles. The fourth-order valence-electron chi connectivity index (χ4n) is 6.38. The van der Waals surface area contributed by atoms with Gasteiger partial charge in [0.15, 0.2) is 0 Å². The summed E-state index contributed by atoms with van der Waals surface area (Å²) in [6.07, 6.45) is 0. The Balaban J connectivity index is 0.000000202. The Morgan fingerprint density at radius 3 is 0.917 bits per heavy atom. The molecule has 3 aromatic rings. The SMILES string of the molecule is C[Si]1[Si](C)(C)[Si](C)(C)[Si](C)(C)[Si](C)(C)[Si]1(C)C.c1cc[c]([Sn]([c]2ccccc2)[c]2ccccc2)cc1. The van der Waals surface area contributed by atoms with E-state index in [1.54, 1.807) is 0 Å². The van der Waals surface area contributed by atoms with Crippen molar-refractivity contribution in [1.29, 1.82) is 0 Å². The summed E-state index contributed by atoms with van der Waals surface area (Å²) in [4.78, 5) is 0. The van der Waals surface area contributed by atoms with E-state index in [4.69, 9.17) is 0 Å². The van der Waals surface area contributed by atoms with E-state index in [1.165, 1.54) is 10.7 Å². The average Bonchev–Trinajstić information content (AvgIpc) is 2.85. The van der Waals surface area contributed by atoms with Gasteiger partial charge in [-0.25, -0.2) is 0 Å². The summed E-state index contributed by atoms with van der Waals surface area (Å²) >= 11 is -1.98.